The van der Waals surface area contributed by atoms with Gasteiger partial charge in [0.05, 0.1) is 11.9 Å². The Morgan fingerprint density at radius 1 is 1.27 bits per heavy atom. The van der Waals surface area contributed by atoms with E-state index in [4.69, 9.17) is 11.6 Å². The van der Waals surface area contributed by atoms with Crippen molar-refractivity contribution in [3.8, 4) is 0 Å². The minimum Gasteiger partial charge on any atom is -0.276 e. The van der Waals surface area contributed by atoms with Gasteiger partial charge in [0.25, 0.3) is 5.24 Å². The van der Waals surface area contributed by atoms with Crippen molar-refractivity contribution in [1.29, 1.82) is 0 Å². The Bertz CT molecular complexity index is 467. The Morgan fingerprint density at radius 2 is 1.73 bits per heavy atom. The van der Waals surface area contributed by atoms with Gasteiger partial charge in [-0.05, 0) is 35.9 Å². The summed E-state index contributed by atoms with van der Waals surface area (Å²) < 4.78 is 23.5. The van der Waals surface area contributed by atoms with Crippen molar-refractivity contribution in [1.82, 2.24) is 0 Å². The van der Waals surface area contributed by atoms with Crippen molar-refractivity contribution in [2.24, 2.45) is 0 Å². The van der Waals surface area contributed by atoms with Gasteiger partial charge in [0.2, 0.25) is 10.0 Å². The van der Waals surface area contributed by atoms with Crippen molar-refractivity contribution in [3.05, 3.63) is 29.8 Å². The second-order valence-electron chi connectivity index (χ2n) is 3.05. The number of carbonyl (C=O) groups excluding carboxylic acids is 1. The third-order valence-corrected chi connectivity index (χ3v) is 3.38. The van der Waals surface area contributed by atoms with E-state index in [0.29, 0.717) is 11.3 Å². The van der Waals surface area contributed by atoms with Crippen molar-refractivity contribution >= 4 is 32.6 Å². The van der Waals surface area contributed by atoms with Crippen molar-refractivity contribution in [2.45, 2.75) is 0 Å². The van der Waals surface area contributed by atoms with E-state index in [1.165, 1.54) is 31.3 Å². The van der Waals surface area contributed by atoms with E-state index in [2.05, 4.69) is 0 Å². The molecule has 0 fully saturated rings. The molecular weight excluding hydrogens is 238 g/mol. The summed E-state index contributed by atoms with van der Waals surface area (Å²) in [7, 11) is -1.84. The second-order valence-corrected chi connectivity index (χ2v) is 5.41. The molecule has 0 amide bonds. The first-order chi connectivity index (χ1) is 6.82. The van der Waals surface area contributed by atoms with Crippen LogP contribution in [0, 0.1) is 0 Å². The van der Waals surface area contributed by atoms with Crippen LogP contribution in [0.4, 0.5) is 5.69 Å². The van der Waals surface area contributed by atoms with Gasteiger partial charge in [-0.3, -0.25) is 9.10 Å². The molecule has 1 aromatic rings. The summed E-state index contributed by atoms with van der Waals surface area (Å²) >= 11 is 5.25. The molecule has 82 valence electrons. The van der Waals surface area contributed by atoms with E-state index in [1.807, 2.05) is 0 Å². The van der Waals surface area contributed by atoms with E-state index in [-0.39, 0.29) is 0 Å². The van der Waals surface area contributed by atoms with Crippen LogP contribution in [0.3, 0.4) is 0 Å². The number of rotatable bonds is 3. The number of sulfonamides is 1. The molecule has 0 radical (unpaired) electrons. The maximum atomic E-state index is 11.2. The standard InChI is InChI=1S/C9H10ClNO3S/c1-11(15(2,13)14)8-5-3-7(4-6-8)9(10)12/h3-6H,1-2H3. The highest BCUT2D eigenvalue weighted by atomic mass is 35.5. The van der Waals surface area contributed by atoms with Gasteiger partial charge in [0.15, 0.2) is 0 Å². The molecule has 0 spiro atoms. The molecule has 0 saturated heterocycles. The molecule has 0 N–H and O–H groups in total. The summed E-state index contributed by atoms with van der Waals surface area (Å²) in [5.41, 5.74) is 0.821. The first-order valence-electron chi connectivity index (χ1n) is 4.06. The van der Waals surface area contributed by atoms with E-state index in [9.17, 15) is 13.2 Å². The Kier molecular flexibility index (Phi) is 3.36. The van der Waals surface area contributed by atoms with Crippen LogP contribution >= 0.6 is 11.6 Å². The number of carbonyl (C=O) groups is 1. The Hall–Kier alpha value is -1.07. The first-order valence-corrected chi connectivity index (χ1v) is 6.29. The molecule has 0 aromatic heterocycles. The zero-order valence-electron chi connectivity index (χ0n) is 8.27. The predicted octanol–water partition coefficient (Wildman–Crippen LogP) is 1.46. The SMILES string of the molecule is CN(c1ccc(C(=O)Cl)cc1)S(C)(=O)=O. The van der Waals surface area contributed by atoms with Crippen LogP contribution in [0.5, 0.6) is 0 Å². The highest BCUT2D eigenvalue weighted by Crippen LogP contribution is 2.16. The molecular formula is C9H10ClNO3S. The number of halogens is 1. The molecule has 0 bridgehead atoms. The summed E-state index contributed by atoms with van der Waals surface area (Å²) in [6.07, 6.45) is 1.10. The molecule has 0 aliphatic heterocycles. The molecule has 1 aromatic carbocycles. The molecule has 0 aliphatic rings. The van der Waals surface area contributed by atoms with E-state index in [1.54, 1.807) is 0 Å². The van der Waals surface area contributed by atoms with Gasteiger partial charge in [0, 0.05) is 12.6 Å². The van der Waals surface area contributed by atoms with E-state index >= 15 is 0 Å². The van der Waals surface area contributed by atoms with Crippen molar-refractivity contribution in [3.63, 3.8) is 0 Å². The molecule has 0 saturated carbocycles. The Morgan fingerprint density at radius 3 is 2.07 bits per heavy atom. The van der Waals surface area contributed by atoms with Gasteiger partial charge < -0.3 is 0 Å². The van der Waals surface area contributed by atoms with Crippen LogP contribution in [0.2, 0.25) is 0 Å². The zero-order valence-corrected chi connectivity index (χ0v) is 9.84. The maximum Gasteiger partial charge on any atom is 0.252 e. The van der Waals surface area contributed by atoms with Crippen molar-refractivity contribution in [2.75, 3.05) is 17.6 Å². The first kappa shape index (κ1) is 12.0. The number of hydrogen-bond acceptors (Lipinski definition) is 3. The van der Waals surface area contributed by atoms with E-state index < -0.39 is 15.3 Å². The van der Waals surface area contributed by atoms with Gasteiger partial charge in [-0.25, -0.2) is 8.42 Å². The lowest BCUT2D eigenvalue weighted by Gasteiger charge is -2.16. The number of anilines is 1. The second kappa shape index (κ2) is 4.20. The Balaban J connectivity index is 3.05. The number of nitrogens with zero attached hydrogens (tertiary/aromatic N) is 1. The molecule has 0 atom stereocenters. The topological polar surface area (TPSA) is 54.5 Å². The lowest BCUT2D eigenvalue weighted by molar-refractivity contribution is 0.108. The average molecular weight is 248 g/mol. The monoisotopic (exact) mass is 247 g/mol. The maximum absolute atomic E-state index is 11.2. The fourth-order valence-corrected chi connectivity index (χ4v) is 1.62. The summed E-state index contributed by atoms with van der Waals surface area (Å²) in [4.78, 5) is 10.8. The van der Waals surface area contributed by atoms with E-state index in [0.717, 1.165) is 10.6 Å². The number of hydrogen-bond donors (Lipinski definition) is 0. The zero-order chi connectivity index (χ0) is 11.6. The molecule has 0 heterocycles. The highest BCUT2D eigenvalue weighted by Gasteiger charge is 2.11. The summed E-state index contributed by atoms with van der Waals surface area (Å²) in [5, 5.41) is -0.566. The van der Waals surface area contributed by atoms with Gasteiger partial charge in [-0.15, -0.1) is 0 Å². The van der Waals surface area contributed by atoms with Crippen LogP contribution in [0.25, 0.3) is 0 Å². The third kappa shape index (κ3) is 2.94. The molecule has 1 rings (SSSR count). The van der Waals surface area contributed by atoms with Crippen molar-refractivity contribution < 1.29 is 13.2 Å². The van der Waals surface area contributed by atoms with Crippen LogP contribution in [-0.4, -0.2) is 27.0 Å². The van der Waals surface area contributed by atoms with Gasteiger partial charge in [-0.1, -0.05) is 0 Å². The highest BCUT2D eigenvalue weighted by molar-refractivity contribution is 7.92. The smallest absolute Gasteiger partial charge is 0.252 e. The lowest BCUT2D eigenvalue weighted by atomic mass is 10.2. The molecule has 0 unspecified atom stereocenters. The number of benzene rings is 1. The quantitative estimate of drug-likeness (QED) is 0.760. The van der Waals surface area contributed by atoms with Crippen LogP contribution < -0.4 is 4.31 Å². The molecule has 6 heteroatoms. The average Bonchev–Trinajstić information content (AvgIpc) is 2.15. The summed E-state index contributed by atoms with van der Waals surface area (Å²) in [5.74, 6) is 0. The van der Waals surface area contributed by atoms with Crippen LogP contribution in [0.15, 0.2) is 24.3 Å². The summed E-state index contributed by atoms with van der Waals surface area (Å²) in [6.45, 7) is 0. The summed E-state index contributed by atoms with van der Waals surface area (Å²) in [6, 6.07) is 6.01. The third-order valence-electron chi connectivity index (χ3n) is 1.96. The molecule has 15 heavy (non-hydrogen) atoms. The fraction of sp³-hybridized carbons (Fsp3) is 0.222. The fourth-order valence-electron chi connectivity index (χ4n) is 0.994. The minimum absolute atomic E-state index is 0.335. The van der Waals surface area contributed by atoms with Crippen LogP contribution in [0.1, 0.15) is 10.4 Å². The lowest BCUT2D eigenvalue weighted by Crippen LogP contribution is -2.24. The normalized spacial score (nSPS) is 11.1. The van der Waals surface area contributed by atoms with Gasteiger partial charge >= 0.3 is 0 Å². The minimum atomic E-state index is -3.27. The predicted molar refractivity (Wildman–Crippen MR) is 59.9 cm³/mol. The molecule has 4 nitrogen and oxygen atoms in total. The van der Waals surface area contributed by atoms with Crippen LogP contribution in [-0.2, 0) is 10.0 Å². The van der Waals surface area contributed by atoms with Gasteiger partial charge in [-0.2, -0.15) is 0 Å². The largest absolute Gasteiger partial charge is 0.276 e. The Labute approximate surface area is 93.5 Å². The molecule has 0 aliphatic carbocycles. The van der Waals surface area contributed by atoms with Gasteiger partial charge in [0.1, 0.15) is 0 Å².